The normalized spacial score (nSPS) is 11.9. The largest absolute Gasteiger partial charge is 0.487 e. The van der Waals surface area contributed by atoms with Crippen molar-refractivity contribution >= 4 is 5.57 Å². The lowest BCUT2D eigenvalue weighted by atomic mass is 10.0. The summed E-state index contributed by atoms with van der Waals surface area (Å²) in [5.74, 6) is 1.32. The summed E-state index contributed by atoms with van der Waals surface area (Å²) in [7, 11) is 0. The van der Waals surface area contributed by atoms with Gasteiger partial charge in [0.2, 0.25) is 5.89 Å². The second-order valence-electron chi connectivity index (χ2n) is 6.14. The number of benzene rings is 2. The van der Waals surface area contributed by atoms with Gasteiger partial charge in [-0.3, -0.25) is 0 Å². The predicted molar refractivity (Wildman–Crippen MR) is 107 cm³/mol. The van der Waals surface area contributed by atoms with E-state index >= 15 is 0 Å². The molecule has 0 atom stereocenters. The van der Waals surface area contributed by atoms with Crippen LogP contribution < -0.4 is 4.74 Å². The number of hydrogen-bond acceptors (Lipinski definition) is 4. The summed E-state index contributed by atoms with van der Waals surface area (Å²) in [6.45, 7) is 4.25. The van der Waals surface area contributed by atoms with Gasteiger partial charge in [0, 0.05) is 11.1 Å². The van der Waals surface area contributed by atoms with Gasteiger partial charge < -0.3 is 14.3 Å². The Labute approximate surface area is 159 Å². The van der Waals surface area contributed by atoms with Gasteiger partial charge in [0.25, 0.3) is 0 Å². The number of oxazole rings is 1. The Morgan fingerprint density at radius 1 is 1.19 bits per heavy atom. The molecule has 138 valence electrons. The molecule has 3 rings (SSSR count). The van der Waals surface area contributed by atoms with E-state index in [1.165, 1.54) is 0 Å². The number of nitrogens with zero attached hydrogens (tertiary/aromatic N) is 1. The number of rotatable bonds is 7. The van der Waals surface area contributed by atoms with Crippen molar-refractivity contribution in [3.63, 3.8) is 0 Å². The fourth-order valence-electron chi connectivity index (χ4n) is 2.78. The summed E-state index contributed by atoms with van der Waals surface area (Å²) in [6.07, 6.45) is 7.29. The highest BCUT2D eigenvalue weighted by atomic mass is 16.5. The predicted octanol–water partition coefficient (Wildman–Crippen LogP) is 5.18. The van der Waals surface area contributed by atoms with Gasteiger partial charge in [0.1, 0.15) is 24.3 Å². The first kappa shape index (κ1) is 18.7. The Hall–Kier alpha value is -3.11. The first-order valence-corrected chi connectivity index (χ1v) is 8.88. The van der Waals surface area contributed by atoms with E-state index in [1.807, 2.05) is 68.5 Å². The second-order valence-corrected chi connectivity index (χ2v) is 6.14. The number of allylic oxidation sites excluding steroid dienone is 3. The summed E-state index contributed by atoms with van der Waals surface area (Å²) in [5, 5.41) is 9.33. The smallest absolute Gasteiger partial charge is 0.226 e. The number of aliphatic hydroxyl groups is 1. The molecule has 27 heavy (non-hydrogen) atoms. The molecule has 0 amide bonds. The molecule has 0 unspecified atom stereocenters. The third kappa shape index (κ3) is 4.74. The maximum Gasteiger partial charge on any atom is 0.226 e. The van der Waals surface area contributed by atoms with Gasteiger partial charge in [0.15, 0.2) is 0 Å². The van der Waals surface area contributed by atoms with Crippen molar-refractivity contribution in [3.8, 4) is 17.2 Å². The van der Waals surface area contributed by atoms with Crippen LogP contribution in [0.25, 0.3) is 17.0 Å². The minimum atomic E-state index is -0.0310. The topological polar surface area (TPSA) is 55.5 Å². The Morgan fingerprint density at radius 3 is 2.74 bits per heavy atom. The van der Waals surface area contributed by atoms with Crippen molar-refractivity contribution in [1.29, 1.82) is 0 Å². The summed E-state index contributed by atoms with van der Waals surface area (Å²) in [6, 6.07) is 15.8. The van der Waals surface area contributed by atoms with Crippen LogP contribution in [0.5, 0.6) is 5.75 Å². The van der Waals surface area contributed by atoms with Gasteiger partial charge in [-0.1, -0.05) is 48.1 Å². The third-order valence-electron chi connectivity index (χ3n) is 4.05. The Morgan fingerprint density at radius 2 is 2.00 bits per heavy atom. The molecule has 1 heterocycles. The van der Waals surface area contributed by atoms with E-state index < -0.39 is 0 Å². The minimum absolute atomic E-state index is 0.0310. The maximum atomic E-state index is 9.33. The van der Waals surface area contributed by atoms with Crippen LogP contribution in [0.2, 0.25) is 0 Å². The molecular formula is C23H23NO3. The zero-order valence-electron chi connectivity index (χ0n) is 15.6. The van der Waals surface area contributed by atoms with E-state index in [9.17, 15) is 5.11 Å². The molecule has 0 fully saturated rings. The molecular weight excluding hydrogens is 338 g/mol. The lowest BCUT2D eigenvalue weighted by Gasteiger charge is -2.12. The second kappa shape index (κ2) is 9.01. The highest BCUT2D eigenvalue weighted by Crippen LogP contribution is 2.29. The standard InChI is InChI=1S/C23H23NO3/c1-3-7-18(12-13-25)21-14-17(2)10-11-22(21)26-15-20-16-27-23(24-20)19-8-5-4-6-9-19/h3-12,14,16,25H,13,15H2,1-2H3. The van der Waals surface area contributed by atoms with Crippen LogP contribution in [0.15, 0.2) is 77.4 Å². The lowest BCUT2D eigenvalue weighted by molar-refractivity contribution is 0.300. The summed E-state index contributed by atoms with van der Waals surface area (Å²) >= 11 is 0. The molecule has 1 N–H and O–H groups in total. The number of ether oxygens (including phenoxy) is 1. The van der Waals surface area contributed by atoms with Crippen molar-refractivity contribution in [2.75, 3.05) is 6.61 Å². The van der Waals surface area contributed by atoms with Crippen LogP contribution in [-0.4, -0.2) is 16.7 Å². The monoisotopic (exact) mass is 361 g/mol. The Bertz CT molecular complexity index is 939. The van der Waals surface area contributed by atoms with Crippen LogP contribution in [0.1, 0.15) is 23.7 Å². The number of aromatic nitrogens is 1. The van der Waals surface area contributed by atoms with Gasteiger partial charge in [-0.15, -0.1) is 0 Å². The van der Waals surface area contributed by atoms with E-state index in [1.54, 1.807) is 12.3 Å². The van der Waals surface area contributed by atoms with Gasteiger partial charge in [-0.25, -0.2) is 4.98 Å². The lowest BCUT2D eigenvalue weighted by Crippen LogP contribution is -1.99. The van der Waals surface area contributed by atoms with Crippen molar-refractivity contribution in [3.05, 3.63) is 89.8 Å². The molecule has 4 heteroatoms. The first-order chi connectivity index (χ1) is 13.2. The molecule has 4 nitrogen and oxygen atoms in total. The molecule has 0 saturated heterocycles. The third-order valence-corrected chi connectivity index (χ3v) is 4.05. The molecule has 2 aromatic carbocycles. The number of hydrogen-bond donors (Lipinski definition) is 1. The molecule has 1 aromatic heterocycles. The van der Waals surface area contributed by atoms with Gasteiger partial charge >= 0.3 is 0 Å². The van der Waals surface area contributed by atoms with Crippen LogP contribution in [0.3, 0.4) is 0 Å². The van der Waals surface area contributed by atoms with E-state index in [4.69, 9.17) is 9.15 Å². The van der Waals surface area contributed by atoms with Crippen molar-refractivity contribution in [2.24, 2.45) is 0 Å². The number of aryl methyl sites for hydroxylation is 1. The molecule has 0 saturated carbocycles. The zero-order valence-corrected chi connectivity index (χ0v) is 15.6. The summed E-state index contributed by atoms with van der Waals surface area (Å²) in [5.41, 5.74) is 4.64. The highest BCUT2D eigenvalue weighted by molar-refractivity contribution is 5.78. The molecule has 0 aliphatic heterocycles. The van der Waals surface area contributed by atoms with Crippen molar-refractivity contribution in [1.82, 2.24) is 4.98 Å². The van der Waals surface area contributed by atoms with Crippen LogP contribution in [0, 0.1) is 6.92 Å². The van der Waals surface area contributed by atoms with Gasteiger partial charge in [-0.05, 0) is 43.7 Å². The van der Waals surface area contributed by atoms with Crippen LogP contribution in [0.4, 0.5) is 0 Å². The average molecular weight is 361 g/mol. The summed E-state index contributed by atoms with van der Waals surface area (Å²) in [4.78, 5) is 4.50. The quantitative estimate of drug-likeness (QED) is 0.589. The summed E-state index contributed by atoms with van der Waals surface area (Å²) < 4.78 is 11.6. The Kier molecular flexibility index (Phi) is 6.23. The molecule has 3 aromatic rings. The van der Waals surface area contributed by atoms with Crippen LogP contribution in [-0.2, 0) is 6.61 Å². The first-order valence-electron chi connectivity index (χ1n) is 8.88. The van der Waals surface area contributed by atoms with Crippen molar-refractivity contribution in [2.45, 2.75) is 20.5 Å². The fraction of sp³-hybridized carbons (Fsp3) is 0.174. The molecule has 0 radical (unpaired) electrons. The maximum absolute atomic E-state index is 9.33. The fourth-order valence-corrected chi connectivity index (χ4v) is 2.78. The van der Waals surface area contributed by atoms with Crippen LogP contribution >= 0.6 is 0 Å². The van der Waals surface area contributed by atoms with E-state index in [0.717, 1.165) is 33.7 Å². The molecule has 0 bridgehead atoms. The highest BCUT2D eigenvalue weighted by Gasteiger charge is 2.11. The SMILES string of the molecule is CC=CC(=CCO)c1cc(C)ccc1OCc1coc(-c2ccccc2)n1. The van der Waals surface area contributed by atoms with E-state index in [2.05, 4.69) is 11.1 Å². The minimum Gasteiger partial charge on any atom is -0.487 e. The van der Waals surface area contributed by atoms with Gasteiger partial charge in [0.05, 0.1) is 6.61 Å². The zero-order chi connectivity index (χ0) is 19.1. The average Bonchev–Trinajstić information content (AvgIpc) is 3.16. The van der Waals surface area contributed by atoms with Gasteiger partial charge in [-0.2, -0.15) is 0 Å². The molecule has 0 aliphatic rings. The Balaban J connectivity index is 1.80. The number of aliphatic hydroxyl groups excluding tert-OH is 1. The molecule has 0 aliphatic carbocycles. The van der Waals surface area contributed by atoms with E-state index in [0.29, 0.717) is 12.5 Å². The van der Waals surface area contributed by atoms with E-state index in [-0.39, 0.29) is 6.61 Å². The van der Waals surface area contributed by atoms with Crippen molar-refractivity contribution < 1.29 is 14.3 Å². The molecule has 0 spiro atoms.